The molecule has 0 spiro atoms. The van der Waals surface area contributed by atoms with Gasteiger partial charge in [-0.15, -0.1) is 11.3 Å². The van der Waals surface area contributed by atoms with Gasteiger partial charge in [0.25, 0.3) is 0 Å². The Balaban J connectivity index is 1.55. The minimum atomic E-state index is -0.826. The number of aromatic hydroxyl groups is 1. The zero-order valence-corrected chi connectivity index (χ0v) is 23.6. The number of carbonyl (C=O) groups excluding carboxylic acids is 2. The lowest BCUT2D eigenvalue weighted by Crippen LogP contribution is -2.39. The van der Waals surface area contributed by atoms with Crippen molar-refractivity contribution < 1.29 is 24.9 Å². The van der Waals surface area contributed by atoms with Gasteiger partial charge in [-0.3, -0.25) is 14.5 Å². The van der Waals surface area contributed by atoms with Crippen molar-refractivity contribution >= 4 is 45.2 Å². The van der Waals surface area contributed by atoms with Crippen molar-refractivity contribution in [2.75, 3.05) is 6.61 Å². The Hall–Kier alpha value is -2.26. The van der Waals surface area contributed by atoms with Crippen LogP contribution in [0.1, 0.15) is 56.4 Å². The Labute approximate surface area is 230 Å². The lowest BCUT2D eigenvalue weighted by atomic mass is 9.67. The summed E-state index contributed by atoms with van der Waals surface area (Å²) in [6, 6.07) is 9.06. The fourth-order valence-corrected chi connectivity index (χ4v) is 6.85. The maximum atomic E-state index is 13.5. The predicted octanol–water partition coefficient (Wildman–Crippen LogP) is 5.67. The molecular weight excluding hydrogens is 554 g/mol. The van der Waals surface area contributed by atoms with Gasteiger partial charge in [-0.2, -0.15) is 0 Å². The molecule has 1 fully saturated rings. The third kappa shape index (κ3) is 5.93. The van der Waals surface area contributed by atoms with Crippen molar-refractivity contribution in [3.8, 4) is 5.75 Å². The summed E-state index contributed by atoms with van der Waals surface area (Å²) in [5, 5.41) is 33.9. The van der Waals surface area contributed by atoms with Gasteiger partial charge in [-0.1, -0.05) is 52.6 Å². The summed E-state index contributed by atoms with van der Waals surface area (Å²) in [5.74, 6) is -1.92. The highest BCUT2D eigenvalue weighted by molar-refractivity contribution is 9.10. The Kier molecular flexibility index (Phi) is 9.06. The molecule has 198 valence electrons. The molecule has 0 bridgehead atoms. The van der Waals surface area contributed by atoms with E-state index in [1.807, 2.05) is 36.6 Å². The van der Waals surface area contributed by atoms with E-state index in [2.05, 4.69) is 22.9 Å². The van der Waals surface area contributed by atoms with Gasteiger partial charge in [-0.05, 0) is 67.8 Å². The molecule has 8 heteroatoms. The predicted molar refractivity (Wildman–Crippen MR) is 149 cm³/mol. The molecule has 1 saturated heterocycles. The molecule has 1 aliphatic carbocycles. The van der Waals surface area contributed by atoms with Crippen molar-refractivity contribution in [1.82, 2.24) is 4.90 Å². The molecule has 4 atom stereocenters. The average molecular weight is 589 g/mol. The fourth-order valence-electron chi connectivity index (χ4n) is 5.78. The average Bonchev–Trinajstić information content (AvgIpc) is 3.47. The summed E-state index contributed by atoms with van der Waals surface area (Å²) < 4.78 is 0.866. The molecule has 2 aromatic rings. The largest absolute Gasteiger partial charge is 0.507 e. The van der Waals surface area contributed by atoms with Gasteiger partial charge in [0.15, 0.2) is 0 Å². The number of thiophene rings is 1. The van der Waals surface area contributed by atoms with Crippen LogP contribution in [0, 0.1) is 17.8 Å². The topological polar surface area (TPSA) is 98.1 Å². The number of imide groups is 1. The number of halogens is 1. The van der Waals surface area contributed by atoms with Crippen molar-refractivity contribution in [3.05, 3.63) is 67.3 Å². The van der Waals surface area contributed by atoms with Gasteiger partial charge in [-0.25, -0.2) is 0 Å². The highest BCUT2D eigenvalue weighted by atomic mass is 79.9. The number of amides is 2. The number of aliphatic hydroxyl groups excluding tert-OH is 2. The van der Waals surface area contributed by atoms with E-state index < -0.39 is 23.9 Å². The van der Waals surface area contributed by atoms with Crippen LogP contribution >= 0.6 is 27.3 Å². The molecule has 2 amide bonds. The van der Waals surface area contributed by atoms with Crippen LogP contribution in [0.5, 0.6) is 5.75 Å². The van der Waals surface area contributed by atoms with Crippen LogP contribution in [0.25, 0.3) is 6.08 Å². The lowest BCUT2D eigenvalue weighted by Gasteiger charge is -2.36. The van der Waals surface area contributed by atoms with Crippen molar-refractivity contribution in [1.29, 1.82) is 0 Å². The van der Waals surface area contributed by atoms with E-state index in [1.165, 1.54) is 16.2 Å². The number of phenolic OH excluding ortho intramolecular Hbond substituents is 1. The van der Waals surface area contributed by atoms with Crippen LogP contribution in [0.15, 0.2) is 56.9 Å². The quantitative estimate of drug-likeness (QED) is 0.246. The van der Waals surface area contributed by atoms with Crippen LogP contribution in [-0.2, 0) is 16.1 Å². The smallest absolute Gasteiger partial charge is 0.234 e. The summed E-state index contributed by atoms with van der Waals surface area (Å²) in [7, 11) is 0. The van der Waals surface area contributed by atoms with E-state index >= 15 is 0 Å². The second kappa shape index (κ2) is 12.1. The molecule has 4 rings (SSSR count). The maximum Gasteiger partial charge on any atom is 0.234 e. The van der Waals surface area contributed by atoms with Crippen molar-refractivity contribution in [2.24, 2.45) is 17.8 Å². The first kappa shape index (κ1) is 27.8. The summed E-state index contributed by atoms with van der Waals surface area (Å²) in [6.45, 7) is 3.98. The normalized spacial score (nSPS) is 23.1. The van der Waals surface area contributed by atoms with Crippen LogP contribution in [0.2, 0.25) is 0 Å². The highest BCUT2D eigenvalue weighted by Gasteiger charge is 2.54. The van der Waals surface area contributed by atoms with Gasteiger partial charge in [0.05, 0.1) is 31.1 Å². The second-order valence-corrected chi connectivity index (χ2v) is 12.0. The van der Waals surface area contributed by atoms with Gasteiger partial charge in [0, 0.05) is 20.8 Å². The first-order valence-corrected chi connectivity index (χ1v) is 14.5. The molecule has 6 nitrogen and oxygen atoms in total. The Morgan fingerprint density at radius 1 is 1.27 bits per heavy atom. The first-order chi connectivity index (χ1) is 17.7. The number of hydrogen-bond acceptors (Lipinski definition) is 6. The van der Waals surface area contributed by atoms with E-state index in [-0.39, 0.29) is 30.7 Å². The third-order valence-electron chi connectivity index (χ3n) is 7.48. The van der Waals surface area contributed by atoms with Crippen LogP contribution in [-0.4, -0.2) is 44.7 Å². The Morgan fingerprint density at radius 2 is 2.05 bits per heavy atom. The standard InChI is InChI=1S/C29H34BrNO5S/c1-3-5-18-14-22-27(29(36)31(28(22)35)15-21-6-4-11-37-21)23(16-32)26(18)25(34)9-7-17(2)12-19-13-20(30)8-10-24(19)33/h4,6,8,10-13,22-23,25,27,32-34H,3,5,7,9,14-16H2,1-2H3/b17-12+/t22-,23+,25-,27-/m1/s1. The molecule has 0 unspecified atom stereocenters. The molecule has 1 aliphatic heterocycles. The molecule has 0 radical (unpaired) electrons. The van der Waals surface area contributed by atoms with E-state index in [1.54, 1.807) is 12.1 Å². The number of nitrogens with zero attached hydrogens (tertiary/aromatic N) is 1. The number of benzene rings is 1. The van der Waals surface area contributed by atoms with E-state index in [0.717, 1.165) is 38.9 Å². The van der Waals surface area contributed by atoms with Gasteiger partial charge >= 0.3 is 0 Å². The molecule has 1 aromatic heterocycles. The molecular formula is C29H34BrNO5S. The number of phenols is 1. The molecule has 37 heavy (non-hydrogen) atoms. The Bertz CT molecular complexity index is 1200. The van der Waals surface area contributed by atoms with Gasteiger partial charge in [0.1, 0.15) is 5.75 Å². The minimum absolute atomic E-state index is 0.170. The summed E-state index contributed by atoms with van der Waals surface area (Å²) in [4.78, 5) is 29.1. The lowest BCUT2D eigenvalue weighted by molar-refractivity contribution is -0.140. The van der Waals surface area contributed by atoms with Crippen LogP contribution < -0.4 is 0 Å². The van der Waals surface area contributed by atoms with E-state index in [4.69, 9.17) is 0 Å². The number of rotatable bonds is 10. The highest BCUT2D eigenvalue weighted by Crippen LogP contribution is 2.47. The summed E-state index contributed by atoms with van der Waals surface area (Å²) in [5.41, 5.74) is 3.43. The molecule has 2 heterocycles. The van der Waals surface area contributed by atoms with Gasteiger partial charge < -0.3 is 15.3 Å². The molecule has 1 aromatic carbocycles. The zero-order chi connectivity index (χ0) is 26.7. The maximum absolute atomic E-state index is 13.5. The molecule has 0 saturated carbocycles. The summed E-state index contributed by atoms with van der Waals surface area (Å²) >= 11 is 4.93. The van der Waals surface area contributed by atoms with Crippen LogP contribution in [0.4, 0.5) is 0 Å². The number of carbonyl (C=O) groups is 2. The number of likely N-dealkylation sites (tertiary alicyclic amines) is 1. The molecule has 3 N–H and O–H groups in total. The van der Waals surface area contributed by atoms with Crippen molar-refractivity contribution in [2.45, 2.75) is 58.6 Å². The van der Waals surface area contributed by atoms with E-state index in [9.17, 15) is 24.9 Å². The number of fused-ring (bicyclic) bond motifs is 1. The van der Waals surface area contributed by atoms with Crippen molar-refractivity contribution in [3.63, 3.8) is 0 Å². The summed E-state index contributed by atoms with van der Waals surface area (Å²) in [6.07, 6.45) is 4.11. The fraction of sp³-hybridized carbons (Fsp3) is 0.448. The van der Waals surface area contributed by atoms with Crippen LogP contribution in [0.3, 0.4) is 0 Å². The third-order valence-corrected chi connectivity index (χ3v) is 8.83. The first-order valence-electron chi connectivity index (χ1n) is 12.8. The number of aliphatic hydroxyl groups is 2. The SMILES string of the molecule is CCCC1=C([C@H](O)CC/C(C)=C/c2cc(Br)ccc2O)[C@H](CO)[C@@H]2C(=O)N(Cc3cccs3)C(=O)[C@@H]2C1. The number of allylic oxidation sites excluding steroid dienone is 2. The van der Waals surface area contributed by atoms with Gasteiger partial charge in [0.2, 0.25) is 11.8 Å². The minimum Gasteiger partial charge on any atom is -0.507 e. The second-order valence-electron chi connectivity index (χ2n) is 10.0. The van der Waals surface area contributed by atoms with E-state index in [0.29, 0.717) is 24.8 Å². The molecule has 2 aliphatic rings. The Morgan fingerprint density at radius 3 is 2.73 bits per heavy atom. The monoisotopic (exact) mass is 587 g/mol. The number of hydrogen-bond donors (Lipinski definition) is 3. The zero-order valence-electron chi connectivity index (χ0n) is 21.2.